The molecule has 1 N–H and O–H groups in total. The van der Waals surface area contributed by atoms with E-state index in [0.29, 0.717) is 17.0 Å². The van der Waals surface area contributed by atoms with Crippen molar-refractivity contribution in [2.24, 2.45) is 5.10 Å². The van der Waals surface area contributed by atoms with E-state index in [1.807, 2.05) is 0 Å². The first kappa shape index (κ1) is 21.1. The number of amides is 1. The standard InChI is InChI=1S/C21H17ClFN3O4S/c1-31(28,29)25-14-6-2-5-13(11-14)17-12-18(20-15(22)7-3-8-16(20)23)26(24-17)21(27)19-9-4-10-30-19/h2-11,18,25H,12H2,1H3. The molecule has 0 aliphatic carbocycles. The third kappa shape index (κ3) is 4.47. The van der Waals surface area contributed by atoms with Crippen LogP contribution in [0.5, 0.6) is 0 Å². The topological polar surface area (TPSA) is 92.0 Å². The molecule has 2 heterocycles. The number of furan rings is 1. The second kappa shape index (κ2) is 8.16. The average molecular weight is 462 g/mol. The number of rotatable bonds is 5. The molecule has 0 saturated carbocycles. The lowest BCUT2D eigenvalue weighted by atomic mass is 9.97. The largest absolute Gasteiger partial charge is 0.459 e. The van der Waals surface area contributed by atoms with Gasteiger partial charge in [-0.15, -0.1) is 0 Å². The number of nitrogens with zero attached hydrogens (tertiary/aromatic N) is 2. The van der Waals surface area contributed by atoms with Crippen LogP contribution in [0.1, 0.15) is 34.1 Å². The zero-order valence-corrected chi connectivity index (χ0v) is 17.8. The van der Waals surface area contributed by atoms with Crippen LogP contribution in [0.2, 0.25) is 5.02 Å². The van der Waals surface area contributed by atoms with Crippen LogP contribution in [0.25, 0.3) is 0 Å². The molecule has 0 radical (unpaired) electrons. The molecule has 10 heteroatoms. The average Bonchev–Trinajstić information content (AvgIpc) is 3.37. The maximum absolute atomic E-state index is 14.7. The highest BCUT2D eigenvalue weighted by atomic mass is 35.5. The van der Waals surface area contributed by atoms with Crippen molar-refractivity contribution in [2.45, 2.75) is 12.5 Å². The number of sulfonamides is 1. The number of carbonyl (C=O) groups is 1. The highest BCUT2D eigenvalue weighted by Gasteiger charge is 2.37. The van der Waals surface area contributed by atoms with Crippen LogP contribution >= 0.6 is 11.6 Å². The number of hydrogen-bond acceptors (Lipinski definition) is 5. The summed E-state index contributed by atoms with van der Waals surface area (Å²) in [5.41, 5.74) is 1.55. The molecule has 3 aromatic rings. The van der Waals surface area contributed by atoms with E-state index in [1.54, 1.807) is 36.4 Å². The van der Waals surface area contributed by atoms with Crippen LogP contribution in [-0.2, 0) is 10.0 Å². The molecule has 1 unspecified atom stereocenters. The fourth-order valence-electron chi connectivity index (χ4n) is 3.42. The number of benzene rings is 2. The molecule has 1 aliphatic heterocycles. The smallest absolute Gasteiger partial charge is 0.310 e. The maximum atomic E-state index is 14.7. The van der Waals surface area contributed by atoms with Gasteiger partial charge in [-0.05, 0) is 42.0 Å². The molecule has 160 valence electrons. The molecule has 0 bridgehead atoms. The van der Waals surface area contributed by atoms with Gasteiger partial charge in [0.25, 0.3) is 0 Å². The molecular formula is C21H17ClFN3O4S. The van der Waals surface area contributed by atoms with Gasteiger partial charge in [-0.1, -0.05) is 29.8 Å². The van der Waals surface area contributed by atoms with E-state index in [4.69, 9.17) is 16.0 Å². The maximum Gasteiger partial charge on any atom is 0.310 e. The Hall–Kier alpha value is -3.17. The van der Waals surface area contributed by atoms with Crippen molar-refractivity contribution in [1.29, 1.82) is 0 Å². The molecule has 7 nitrogen and oxygen atoms in total. The molecule has 1 aromatic heterocycles. The van der Waals surface area contributed by atoms with Gasteiger partial charge in [-0.25, -0.2) is 17.8 Å². The van der Waals surface area contributed by atoms with Gasteiger partial charge in [0.05, 0.1) is 24.3 Å². The summed E-state index contributed by atoms with van der Waals surface area (Å²) in [6.45, 7) is 0. The molecule has 0 fully saturated rings. The van der Waals surface area contributed by atoms with E-state index in [0.717, 1.165) is 11.3 Å². The van der Waals surface area contributed by atoms with Crippen LogP contribution in [0.3, 0.4) is 0 Å². The Balaban J connectivity index is 1.76. The zero-order valence-electron chi connectivity index (χ0n) is 16.2. The zero-order chi connectivity index (χ0) is 22.2. The first-order chi connectivity index (χ1) is 14.7. The van der Waals surface area contributed by atoms with Gasteiger partial charge in [-0.2, -0.15) is 5.10 Å². The van der Waals surface area contributed by atoms with Crippen molar-refractivity contribution in [3.63, 3.8) is 0 Å². The van der Waals surface area contributed by atoms with E-state index in [2.05, 4.69) is 9.82 Å². The van der Waals surface area contributed by atoms with Crippen molar-refractivity contribution in [2.75, 3.05) is 11.0 Å². The van der Waals surface area contributed by atoms with Crippen molar-refractivity contribution < 1.29 is 22.0 Å². The predicted molar refractivity (Wildman–Crippen MR) is 115 cm³/mol. The number of hydrogen-bond donors (Lipinski definition) is 1. The summed E-state index contributed by atoms with van der Waals surface area (Å²) >= 11 is 6.27. The molecule has 1 atom stereocenters. The Bertz CT molecular complexity index is 1260. The second-order valence-electron chi connectivity index (χ2n) is 6.98. The molecular weight excluding hydrogens is 445 g/mol. The van der Waals surface area contributed by atoms with E-state index in [-0.39, 0.29) is 22.8 Å². The Kier molecular flexibility index (Phi) is 5.55. The van der Waals surface area contributed by atoms with Crippen LogP contribution in [0.15, 0.2) is 70.4 Å². The van der Waals surface area contributed by atoms with Gasteiger partial charge in [-0.3, -0.25) is 9.52 Å². The van der Waals surface area contributed by atoms with Crippen LogP contribution < -0.4 is 4.72 Å². The number of halogens is 2. The third-order valence-electron chi connectivity index (χ3n) is 4.68. The van der Waals surface area contributed by atoms with Gasteiger partial charge >= 0.3 is 5.91 Å². The normalized spacial score (nSPS) is 16.3. The predicted octanol–water partition coefficient (Wildman–Crippen LogP) is 4.44. The minimum Gasteiger partial charge on any atom is -0.459 e. The van der Waals surface area contributed by atoms with E-state index in [1.165, 1.54) is 24.5 Å². The van der Waals surface area contributed by atoms with Crippen LogP contribution in [-0.4, -0.2) is 31.3 Å². The number of nitrogens with one attached hydrogen (secondary N) is 1. The van der Waals surface area contributed by atoms with Crippen molar-refractivity contribution in [1.82, 2.24) is 5.01 Å². The van der Waals surface area contributed by atoms with Gasteiger partial charge in [0, 0.05) is 22.7 Å². The summed E-state index contributed by atoms with van der Waals surface area (Å²) in [6.07, 6.45) is 2.58. The monoisotopic (exact) mass is 461 g/mol. The summed E-state index contributed by atoms with van der Waals surface area (Å²) in [5, 5.41) is 5.75. The number of anilines is 1. The summed E-state index contributed by atoms with van der Waals surface area (Å²) in [4.78, 5) is 13.0. The fraction of sp³-hybridized carbons (Fsp3) is 0.143. The molecule has 1 aliphatic rings. The summed E-state index contributed by atoms with van der Waals surface area (Å²) < 4.78 is 45.4. The number of carbonyl (C=O) groups excluding carboxylic acids is 1. The molecule has 0 saturated heterocycles. The third-order valence-corrected chi connectivity index (χ3v) is 5.62. The second-order valence-corrected chi connectivity index (χ2v) is 9.14. The minimum absolute atomic E-state index is 0.0509. The molecule has 0 spiro atoms. The minimum atomic E-state index is -3.47. The Morgan fingerprint density at radius 3 is 2.68 bits per heavy atom. The van der Waals surface area contributed by atoms with Crippen LogP contribution in [0, 0.1) is 5.82 Å². The SMILES string of the molecule is CS(=O)(=O)Nc1cccc(C2=NN(C(=O)c3ccco3)C(c3c(F)cccc3Cl)C2)c1. The lowest BCUT2D eigenvalue weighted by molar-refractivity contribution is 0.0676. The lowest BCUT2D eigenvalue weighted by Gasteiger charge is -2.22. The van der Waals surface area contributed by atoms with Gasteiger partial charge < -0.3 is 4.42 Å². The van der Waals surface area contributed by atoms with Crippen LogP contribution in [0.4, 0.5) is 10.1 Å². The molecule has 2 aromatic carbocycles. The quantitative estimate of drug-likeness (QED) is 0.608. The van der Waals surface area contributed by atoms with Crippen molar-refractivity contribution >= 4 is 38.9 Å². The first-order valence-electron chi connectivity index (χ1n) is 9.19. The first-order valence-corrected chi connectivity index (χ1v) is 11.5. The van der Waals surface area contributed by atoms with E-state index >= 15 is 0 Å². The van der Waals surface area contributed by atoms with E-state index in [9.17, 15) is 17.6 Å². The number of hydrazone groups is 1. The van der Waals surface area contributed by atoms with Gasteiger partial charge in [0.15, 0.2) is 5.76 Å². The van der Waals surface area contributed by atoms with Gasteiger partial charge in [0.2, 0.25) is 10.0 Å². The van der Waals surface area contributed by atoms with Crippen molar-refractivity contribution in [3.8, 4) is 0 Å². The summed E-state index contributed by atoms with van der Waals surface area (Å²) in [7, 11) is -3.47. The summed E-state index contributed by atoms with van der Waals surface area (Å²) in [6, 6.07) is 13.1. The Morgan fingerprint density at radius 2 is 2.00 bits per heavy atom. The van der Waals surface area contributed by atoms with Gasteiger partial charge in [0.1, 0.15) is 5.82 Å². The van der Waals surface area contributed by atoms with E-state index < -0.39 is 27.8 Å². The Morgan fingerprint density at radius 1 is 1.23 bits per heavy atom. The highest BCUT2D eigenvalue weighted by Crippen LogP contribution is 2.38. The highest BCUT2D eigenvalue weighted by molar-refractivity contribution is 7.92. The fourth-order valence-corrected chi connectivity index (χ4v) is 4.26. The Labute approximate surface area is 183 Å². The lowest BCUT2D eigenvalue weighted by Crippen LogP contribution is -2.27. The molecule has 31 heavy (non-hydrogen) atoms. The molecule has 1 amide bonds. The van der Waals surface area contributed by atoms with Crippen molar-refractivity contribution in [3.05, 3.63) is 88.6 Å². The molecule has 4 rings (SSSR count). The summed E-state index contributed by atoms with van der Waals surface area (Å²) in [5.74, 6) is -1.05.